The number of halogens is 2. The Morgan fingerprint density at radius 1 is 1.50 bits per heavy atom. The van der Waals surface area contributed by atoms with E-state index in [2.05, 4.69) is 21.4 Å². The second-order valence-electron chi connectivity index (χ2n) is 4.42. The largest absolute Gasteiger partial charge is 0.271 e. The Morgan fingerprint density at radius 3 is 2.81 bits per heavy atom. The molecule has 1 fully saturated rings. The van der Waals surface area contributed by atoms with Gasteiger partial charge in [0.05, 0.1) is 0 Å². The molecule has 0 amide bonds. The second kappa shape index (κ2) is 5.50. The highest BCUT2D eigenvalue weighted by atomic mass is 79.9. The van der Waals surface area contributed by atoms with E-state index >= 15 is 0 Å². The molecule has 1 aromatic rings. The van der Waals surface area contributed by atoms with Gasteiger partial charge in [0.2, 0.25) is 0 Å². The first-order valence-corrected chi connectivity index (χ1v) is 6.79. The zero-order chi connectivity index (χ0) is 11.5. The molecule has 0 bridgehead atoms. The van der Waals surface area contributed by atoms with Gasteiger partial charge in [-0.25, -0.2) is 0 Å². The Labute approximate surface area is 110 Å². The van der Waals surface area contributed by atoms with Crippen molar-refractivity contribution >= 4 is 27.5 Å². The number of hydrogen-bond donors (Lipinski definition) is 2. The van der Waals surface area contributed by atoms with Crippen molar-refractivity contribution in [3.63, 3.8) is 0 Å². The summed E-state index contributed by atoms with van der Waals surface area (Å²) in [6.45, 7) is 0. The average Bonchev–Trinajstić information content (AvgIpc) is 2.21. The zero-order valence-electron chi connectivity index (χ0n) is 9.05. The van der Waals surface area contributed by atoms with Crippen LogP contribution in [0.15, 0.2) is 22.7 Å². The van der Waals surface area contributed by atoms with Crippen molar-refractivity contribution in [2.24, 2.45) is 11.8 Å². The summed E-state index contributed by atoms with van der Waals surface area (Å²) in [5.41, 5.74) is 4.05. The number of nitrogens with two attached hydrogens (primary N) is 1. The number of nitrogens with one attached hydrogen (secondary N) is 1. The van der Waals surface area contributed by atoms with Crippen LogP contribution in [-0.2, 0) is 0 Å². The van der Waals surface area contributed by atoms with Gasteiger partial charge in [-0.3, -0.25) is 11.3 Å². The van der Waals surface area contributed by atoms with E-state index in [1.165, 1.54) is 19.3 Å². The van der Waals surface area contributed by atoms with Gasteiger partial charge in [-0.15, -0.1) is 0 Å². The van der Waals surface area contributed by atoms with Crippen LogP contribution in [0.4, 0.5) is 0 Å². The highest BCUT2D eigenvalue weighted by Gasteiger charge is 2.23. The third-order valence-corrected chi connectivity index (χ3v) is 4.29. The minimum absolute atomic E-state index is 0.193. The van der Waals surface area contributed by atoms with Crippen LogP contribution in [-0.4, -0.2) is 0 Å². The number of benzene rings is 1. The molecule has 1 aliphatic rings. The molecular formula is C12H16BrClN2. The van der Waals surface area contributed by atoms with Crippen molar-refractivity contribution in [1.82, 2.24) is 5.43 Å². The molecule has 0 saturated heterocycles. The van der Waals surface area contributed by atoms with E-state index in [1.807, 2.05) is 18.2 Å². The van der Waals surface area contributed by atoms with E-state index in [-0.39, 0.29) is 6.04 Å². The summed E-state index contributed by atoms with van der Waals surface area (Å²) in [6.07, 6.45) is 5.11. The van der Waals surface area contributed by atoms with E-state index in [4.69, 9.17) is 17.4 Å². The molecule has 1 aromatic carbocycles. The van der Waals surface area contributed by atoms with Crippen LogP contribution in [0, 0.1) is 5.92 Å². The first-order chi connectivity index (χ1) is 7.70. The maximum atomic E-state index is 6.01. The predicted octanol–water partition coefficient (Wildman–Crippen LogP) is 3.80. The Balaban J connectivity index is 2.14. The maximum Gasteiger partial charge on any atom is 0.0474 e. The van der Waals surface area contributed by atoms with Crippen LogP contribution in [0.25, 0.3) is 0 Å². The van der Waals surface area contributed by atoms with Crippen LogP contribution in [0.5, 0.6) is 0 Å². The van der Waals surface area contributed by atoms with E-state index < -0.39 is 0 Å². The molecule has 1 unspecified atom stereocenters. The molecule has 0 aromatic heterocycles. The summed E-state index contributed by atoms with van der Waals surface area (Å²) in [7, 11) is 0. The lowest BCUT2D eigenvalue weighted by Crippen LogP contribution is -2.31. The van der Waals surface area contributed by atoms with Crippen LogP contribution >= 0.6 is 27.5 Å². The van der Waals surface area contributed by atoms with Crippen LogP contribution in [0.3, 0.4) is 0 Å². The van der Waals surface area contributed by atoms with Gasteiger partial charge in [0.25, 0.3) is 0 Å². The van der Waals surface area contributed by atoms with Crippen molar-refractivity contribution in [3.05, 3.63) is 33.3 Å². The van der Waals surface area contributed by atoms with Crippen molar-refractivity contribution < 1.29 is 0 Å². The van der Waals surface area contributed by atoms with Crippen molar-refractivity contribution in [2.75, 3.05) is 0 Å². The molecule has 1 saturated carbocycles. The molecule has 0 heterocycles. The fourth-order valence-corrected chi connectivity index (χ4v) is 2.83. The molecular weight excluding hydrogens is 288 g/mol. The molecule has 0 aliphatic heterocycles. The van der Waals surface area contributed by atoms with Crippen molar-refractivity contribution in [1.29, 1.82) is 0 Å². The lowest BCUT2D eigenvalue weighted by atomic mass is 9.80. The van der Waals surface area contributed by atoms with Gasteiger partial charge in [-0.2, -0.15) is 0 Å². The molecule has 1 atom stereocenters. The van der Waals surface area contributed by atoms with Crippen LogP contribution in [0.2, 0.25) is 5.02 Å². The lowest BCUT2D eigenvalue weighted by molar-refractivity contribution is 0.261. The molecule has 2 rings (SSSR count). The van der Waals surface area contributed by atoms with Gasteiger partial charge in [0.1, 0.15) is 0 Å². The van der Waals surface area contributed by atoms with E-state index in [0.29, 0.717) is 0 Å². The third kappa shape index (κ3) is 2.77. The van der Waals surface area contributed by atoms with Gasteiger partial charge in [0.15, 0.2) is 0 Å². The van der Waals surface area contributed by atoms with Gasteiger partial charge >= 0.3 is 0 Å². The SMILES string of the molecule is NNC(CC1CCC1)c1cc(Cl)ccc1Br. The number of hydrazine groups is 1. The average molecular weight is 304 g/mol. The van der Waals surface area contributed by atoms with E-state index in [0.717, 1.165) is 27.4 Å². The Bertz CT molecular complexity index is 366. The van der Waals surface area contributed by atoms with Crippen LogP contribution in [0.1, 0.15) is 37.3 Å². The summed E-state index contributed by atoms with van der Waals surface area (Å²) >= 11 is 9.56. The molecule has 4 heteroatoms. The summed E-state index contributed by atoms with van der Waals surface area (Å²) in [4.78, 5) is 0. The summed E-state index contributed by atoms with van der Waals surface area (Å²) in [6, 6.07) is 6.03. The molecule has 0 radical (unpaired) electrons. The highest BCUT2D eigenvalue weighted by Crippen LogP contribution is 2.36. The topological polar surface area (TPSA) is 38.0 Å². The molecule has 88 valence electrons. The Hall–Kier alpha value is -0.0900. The maximum absolute atomic E-state index is 6.01. The van der Waals surface area contributed by atoms with Gasteiger partial charge in [0, 0.05) is 15.5 Å². The molecule has 2 nitrogen and oxygen atoms in total. The first-order valence-electron chi connectivity index (χ1n) is 5.62. The fraction of sp³-hybridized carbons (Fsp3) is 0.500. The molecule has 16 heavy (non-hydrogen) atoms. The third-order valence-electron chi connectivity index (χ3n) is 3.33. The highest BCUT2D eigenvalue weighted by molar-refractivity contribution is 9.10. The number of hydrogen-bond acceptors (Lipinski definition) is 2. The summed E-state index contributed by atoms with van der Waals surface area (Å²) in [5, 5.41) is 0.757. The summed E-state index contributed by atoms with van der Waals surface area (Å²) in [5.74, 6) is 6.45. The lowest BCUT2D eigenvalue weighted by Gasteiger charge is -2.30. The Kier molecular flexibility index (Phi) is 4.25. The smallest absolute Gasteiger partial charge is 0.0474 e. The standard InChI is InChI=1S/C12H16BrClN2/c13-11-5-4-9(14)7-10(11)12(16-15)6-8-2-1-3-8/h4-5,7-8,12,16H,1-3,6,15H2. The molecule has 3 N–H and O–H groups in total. The van der Waals surface area contributed by atoms with Gasteiger partial charge < -0.3 is 0 Å². The quantitative estimate of drug-likeness (QED) is 0.656. The monoisotopic (exact) mass is 302 g/mol. The van der Waals surface area contributed by atoms with Crippen molar-refractivity contribution in [3.8, 4) is 0 Å². The predicted molar refractivity (Wildman–Crippen MR) is 71.2 cm³/mol. The Morgan fingerprint density at radius 2 is 2.25 bits per heavy atom. The van der Waals surface area contributed by atoms with Gasteiger partial charge in [-0.1, -0.05) is 46.8 Å². The minimum Gasteiger partial charge on any atom is -0.271 e. The summed E-state index contributed by atoms with van der Waals surface area (Å²) < 4.78 is 1.07. The first kappa shape index (κ1) is 12.4. The minimum atomic E-state index is 0.193. The molecule has 1 aliphatic carbocycles. The normalized spacial score (nSPS) is 18.2. The van der Waals surface area contributed by atoms with E-state index in [1.54, 1.807) is 0 Å². The fourth-order valence-electron chi connectivity index (χ4n) is 2.13. The zero-order valence-corrected chi connectivity index (χ0v) is 11.4. The van der Waals surface area contributed by atoms with Crippen molar-refractivity contribution in [2.45, 2.75) is 31.7 Å². The van der Waals surface area contributed by atoms with Crippen LogP contribution < -0.4 is 11.3 Å². The molecule has 0 spiro atoms. The number of rotatable bonds is 4. The van der Waals surface area contributed by atoms with E-state index in [9.17, 15) is 0 Å². The second-order valence-corrected chi connectivity index (χ2v) is 5.71. The van der Waals surface area contributed by atoms with Gasteiger partial charge in [-0.05, 0) is 36.1 Å².